The molecule has 0 saturated carbocycles. The van der Waals surface area contributed by atoms with Crippen molar-refractivity contribution in [3.63, 3.8) is 0 Å². The molecule has 0 heterocycles. The van der Waals surface area contributed by atoms with Gasteiger partial charge in [0.1, 0.15) is 5.75 Å². The minimum Gasteiger partial charge on any atom is -0.495 e. The zero-order valence-corrected chi connectivity index (χ0v) is 11.0. The van der Waals surface area contributed by atoms with Crippen molar-refractivity contribution in [2.24, 2.45) is 10.7 Å². The van der Waals surface area contributed by atoms with Crippen molar-refractivity contribution in [3.05, 3.63) is 21.1 Å². The van der Waals surface area contributed by atoms with E-state index in [0.29, 0.717) is 11.4 Å². The van der Waals surface area contributed by atoms with Crippen LogP contribution < -0.4 is 16.0 Å². The summed E-state index contributed by atoms with van der Waals surface area (Å²) in [6.45, 7) is 0. The van der Waals surface area contributed by atoms with Crippen molar-refractivity contribution < 1.29 is 9.94 Å². The number of methoxy groups -OCH3 is 1. The molecule has 1 aromatic carbocycles. The van der Waals surface area contributed by atoms with E-state index in [0.717, 1.165) is 8.95 Å². The van der Waals surface area contributed by atoms with E-state index in [-0.39, 0.29) is 5.96 Å². The lowest BCUT2D eigenvalue weighted by Crippen LogP contribution is -2.27. The molecule has 0 saturated heterocycles. The second kappa shape index (κ2) is 5.34. The van der Waals surface area contributed by atoms with E-state index in [1.165, 1.54) is 0 Å². The molecule has 0 aromatic heterocycles. The summed E-state index contributed by atoms with van der Waals surface area (Å²) in [5, 5.41) is 8.51. The van der Waals surface area contributed by atoms with Gasteiger partial charge in [0.15, 0.2) is 0 Å². The Bertz CT molecular complexity index is 396. The highest BCUT2D eigenvalue weighted by Crippen LogP contribution is 2.35. The van der Waals surface area contributed by atoms with E-state index >= 15 is 0 Å². The summed E-state index contributed by atoms with van der Waals surface area (Å²) in [6, 6.07) is 3.46. The first-order valence-corrected chi connectivity index (χ1v) is 5.44. The van der Waals surface area contributed by atoms with Crippen LogP contribution in [0.3, 0.4) is 0 Å². The standard InChI is InChI=1S/C8H9Br2N3O2/c1-15-7-3-6(12-8(11)13-14)4(9)2-5(7)10/h2-3,14H,1H3,(H3,11,12,13). The molecule has 0 unspecified atom stereocenters. The minimum atomic E-state index is -0.0972. The van der Waals surface area contributed by atoms with Gasteiger partial charge in [0.05, 0.1) is 17.3 Å². The van der Waals surface area contributed by atoms with E-state index in [1.54, 1.807) is 24.7 Å². The maximum atomic E-state index is 8.51. The van der Waals surface area contributed by atoms with Gasteiger partial charge >= 0.3 is 0 Å². The largest absolute Gasteiger partial charge is 0.495 e. The van der Waals surface area contributed by atoms with Crippen LogP contribution in [0.15, 0.2) is 26.1 Å². The van der Waals surface area contributed by atoms with Crippen LogP contribution >= 0.6 is 31.9 Å². The Labute approximate surface area is 104 Å². The Hall–Kier alpha value is -0.790. The lowest BCUT2D eigenvalue weighted by molar-refractivity contribution is 0.233. The average molecular weight is 339 g/mol. The smallest absolute Gasteiger partial charge is 0.218 e. The van der Waals surface area contributed by atoms with Crippen LogP contribution in [0.1, 0.15) is 0 Å². The Morgan fingerprint density at radius 1 is 1.47 bits per heavy atom. The molecule has 0 amide bonds. The molecule has 1 aromatic rings. The van der Waals surface area contributed by atoms with Crippen LogP contribution in [0.4, 0.5) is 5.69 Å². The minimum absolute atomic E-state index is 0.0972. The Morgan fingerprint density at radius 2 is 2.13 bits per heavy atom. The number of rotatable bonds is 2. The van der Waals surface area contributed by atoms with Crippen LogP contribution in [0.5, 0.6) is 5.75 Å². The third-order valence-corrected chi connectivity index (χ3v) is 2.83. The number of ether oxygens (including phenoxy) is 1. The van der Waals surface area contributed by atoms with Crippen molar-refractivity contribution in [1.82, 2.24) is 5.48 Å². The number of nitrogens with two attached hydrogens (primary N) is 1. The highest BCUT2D eigenvalue weighted by Gasteiger charge is 2.06. The zero-order chi connectivity index (χ0) is 11.4. The van der Waals surface area contributed by atoms with Gasteiger partial charge in [0, 0.05) is 10.5 Å². The third kappa shape index (κ3) is 3.08. The van der Waals surface area contributed by atoms with Gasteiger partial charge in [-0.25, -0.2) is 10.5 Å². The molecule has 0 fully saturated rings. The summed E-state index contributed by atoms with van der Waals surface area (Å²) >= 11 is 6.64. The number of halogens is 2. The Balaban J connectivity index is 3.19. The van der Waals surface area contributed by atoms with Crippen LogP contribution in [-0.4, -0.2) is 18.3 Å². The maximum Gasteiger partial charge on any atom is 0.218 e. The molecule has 7 heteroatoms. The predicted molar refractivity (Wildman–Crippen MR) is 64.6 cm³/mol. The van der Waals surface area contributed by atoms with Crippen LogP contribution in [0, 0.1) is 0 Å². The van der Waals surface area contributed by atoms with Crippen LogP contribution in [-0.2, 0) is 0 Å². The second-order valence-corrected chi connectivity index (χ2v) is 4.26. The summed E-state index contributed by atoms with van der Waals surface area (Å²) in [5.41, 5.74) is 7.62. The molecule has 0 aliphatic rings. The molecule has 1 rings (SSSR count). The summed E-state index contributed by atoms with van der Waals surface area (Å²) in [4.78, 5) is 3.91. The molecular formula is C8H9Br2N3O2. The van der Waals surface area contributed by atoms with Gasteiger partial charge in [0.2, 0.25) is 5.96 Å². The van der Waals surface area contributed by atoms with Crippen molar-refractivity contribution >= 4 is 43.5 Å². The number of aliphatic imine (C=N–C) groups is 1. The molecule has 5 nitrogen and oxygen atoms in total. The Morgan fingerprint density at radius 3 is 2.67 bits per heavy atom. The number of nitrogens with one attached hydrogen (secondary N) is 1. The average Bonchev–Trinajstić information content (AvgIpc) is 2.21. The summed E-state index contributed by atoms with van der Waals surface area (Å²) in [7, 11) is 1.55. The SMILES string of the molecule is COc1cc(N=C(N)NO)c(Br)cc1Br. The number of nitrogens with zero attached hydrogens (tertiary/aromatic N) is 1. The third-order valence-electron chi connectivity index (χ3n) is 1.58. The highest BCUT2D eigenvalue weighted by atomic mass is 79.9. The number of benzene rings is 1. The molecule has 0 aliphatic carbocycles. The molecule has 0 aliphatic heterocycles. The van der Waals surface area contributed by atoms with Crippen molar-refractivity contribution in [2.75, 3.05) is 7.11 Å². The van der Waals surface area contributed by atoms with E-state index in [9.17, 15) is 0 Å². The first-order chi connectivity index (χ1) is 7.08. The fourth-order valence-corrected chi connectivity index (χ4v) is 2.16. The molecule has 15 heavy (non-hydrogen) atoms. The summed E-state index contributed by atoms with van der Waals surface area (Å²) in [5.74, 6) is 0.530. The topological polar surface area (TPSA) is 79.9 Å². The van der Waals surface area contributed by atoms with Gasteiger partial charge in [-0.3, -0.25) is 5.21 Å². The van der Waals surface area contributed by atoms with E-state index < -0.39 is 0 Å². The van der Waals surface area contributed by atoms with Gasteiger partial charge in [-0.15, -0.1) is 0 Å². The number of hydrogen-bond donors (Lipinski definition) is 3. The molecular weight excluding hydrogens is 330 g/mol. The number of guanidine groups is 1. The molecule has 82 valence electrons. The van der Waals surface area contributed by atoms with Crippen molar-refractivity contribution in [3.8, 4) is 5.75 Å². The quantitative estimate of drug-likeness (QED) is 0.438. The Kier molecular flexibility index (Phi) is 4.37. The van der Waals surface area contributed by atoms with Gasteiger partial charge in [-0.05, 0) is 37.9 Å². The number of hydrogen-bond acceptors (Lipinski definition) is 3. The molecule has 0 radical (unpaired) electrons. The first-order valence-electron chi connectivity index (χ1n) is 3.85. The lowest BCUT2D eigenvalue weighted by Gasteiger charge is -2.06. The van der Waals surface area contributed by atoms with E-state index in [2.05, 4.69) is 36.9 Å². The van der Waals surface area contributed by atoms with Crippen molar-refractivity contribution in [1.29, 1.82) is 0 Å². The molecule has 0 atom stereocenters. The normalized spacial score (nSPS) is 11.3. The fourth-order valence-electron chi connectivity index (χ4n) is 0.915. The summed E-state index contributed by atoms with van der Waals surface area (Å²) < 4.78 is 6.62. The van der Waals surface area contributed by atoms with Crippen molar-refractivity contribution in [2.45, 2.75) is 0 Å². The lowest BCUT2D eigenvalue weighted by atomic mass is 10.3. The first kappa shape index (κ1) is 12.3. The van der Waals surface area contributed by atoms with E-state index in [4.69, 9.17) is 15.7 Å². The molecule has 4 N–H and O–H groups in total. The van der Waals surface area contributed by atoms with Gasteiger partial charge in [0.25, 0.3) is 0 Å². The van der Waals surface area contributed by atoms with Crippen LogP contribution in [0.25, 0.3) is 0 Å². The monoisotopic (exact) mass is 337 g/mol. The number of hydroxylamine groups is 1. The van der Waals surface area contributed by atoms with Gasteiger partial charge in [-0.1, -0.05) is 0 Å². The summed E-state index contributed by atoms with van der Waals surface area (Å²) in [6.07, 6.45) is 0. The van der Waals surface area contributed by atoms with E-state index in [1.807, 2.05) is 0 Å². The predicted octanol–water partition coefficient (Wildman–Crippen LogP) is 2.15. The maximum absolute atomic E-state index is 8.51. The highest BCUT2D eigenvalue weighted by molar-refractivity contribution is 9.11. The second-order valence-electron chi connectivity index (χ2n) is 2.55. The molecule has 0 spiro atoms. The van der Waals surface area contributed by atoms with Gasteiger partial charge in [-0.2, -0.15) is 0 Å². The zero-order valence-electron chi connectivity index (χ0n) is 7.79. The van der Waals surface area contributed by atoms with Crippen LogP contribution in [0.2, 0.25) is 0 Å². The molecule has 0 bridgehead atoms. The van der Waals surface area contributed by atoms with Gasteiger partial charge < -0.3 is 10.5 Å². The fraction of sp³-hybridized carbons (Fsp3) is 0.125.